The van der Waals surface area contributed by atoms with Crippen molar-refractivity contribution in [2.24, 2.45) is 4.99 Å². The number of fused-ring (bicyclic) bond motifs is 1. The third-order valence-corrected chi connectivity index (χ3v) is 8.29. The van der Waals surface area contributed by atoms with Gasteiger partial charge in [-0.15, -0.1) is 0 Å². The fourth-order valence-corrected chi connectivity index (χ4v) is 6.07. The second-order valence-electron chi connectivity index (χ2n) is 9.19. The van der Waals surface area contributed by atoms with Crippen LogP contribution in [0.5, 0.6) is 0 Å². The van der Waals surface area contributed by atoms with E-state index in [2.05, 4.69) is 22.6 Å². The van der Waals surface area contributed by atoms with Crippen LogP contribution in [0.2, 0.25) is 0 Å². The maximum absolute atomic E-state index is 13.9. The lowest BCUT2D eigenvalue weighted by atomic mass is 9.93. The summed E-state index contributed by atoms with van der Waals surface area (Å²) in [5.74, 6) is 0.176. The normalized spacial score (nSPS) is 15.0. The van der Waals surface area contributed by atoms with Gasteiger partial charge >= 0.3 is 5.97 Å². The van der Waals surface area contributed by atoms with Gasteiger partial charge in [-0.2, -0.15) is 0 Å². The minimum Gasteiger partial charge on any atom is -0.463 e. The molecule has 5 aromatic rings. The molecule has 1 atom stereocenters. The fraction of sp³-hybridized carbons (Fsp3) is 0.0938. The van der Waals surface area contributed by atoms with E-state index in [1.807, 2.05) is 66.7 Å². The third-order valence-electron chi connectivity index (χ3n) is 6.59. The Balaban J connectivity index is 1.55. The van der Waals surface area contributed by atoms with Crippen molar-refractivity contribution in [3.63, 3.8) is 0 Å². The first-order chi connectivity index (χ1) is 19.9. The van der Waals surface area contributed by atoms with Gasteiger partial charge in [0.1, 0.15) is 17.3 Å². The molecular formula is C32H22FIN2O4S. The Labute approximate surface area is 251 Å². The molecule has 1 aliphatic heterocycles. The van der Waals surface area contributed by atoms with Crippen LogP contribution >= 0.6 is 33.9 Å². The van der Waals surface area contributed by atoms with Gasteiger partial charge in [0, 0.05) is 20.8 Å². The highest BCUT2D eigenvalue weighted by molar-refractivity contribution is 14.1. The average molecular weight is 677 g/mol. The molecule has 9 heteroatoms. The Morgan fingerprint density at radius 2 is 1.76 bits per heavy atom. The molecule has 0 saturated carbocycles. The number of halogens is 2. The van der Waals surface area contributed by atoms with Gasteiger partial charge < -0.3 is 9.15 Å². The minimum absolute atomic E-state index is 0.145. The van der Waals surface area contributed by atoms with Crippen molar-refractivity contribution in [2.75, 3.05) is 6.61 Å². The molecule has 0 unspecified atom stereocenters. The second kappa shape index (κ2) is 11.4. The standard InChI is InChI=1S/C32H22FIN2O4S/c1-2-39-31(38)27-28(20-6-4-3-5-7-20)35-32-36(29(27)21-8-12-22(33)13-9-21)30(37)26(41-32)18-24-16-17-25(40-24)19-10-14-23(34)15-11-19/h3-18,29H,2H2,1H3/b26-18-/t29-/m1/s1. The summed E-state index contributed by atoms with van der Waals surface area (Å²) in [4.78, 5) is 32.6. The van der Waals surface area contributed by atoms with Gasteiger partial charge in [0.05, 0.1) is 28.5 Å². The van der Waals surface area contributed by atoms with Crippen molar-refractivity contribution in [3.8, 4) is 11.3 Å². The summed E-state index contributed by atoms with van der Waals surface area (Å²) < 4.78 is 28.4. The molecule has 3 aromatic carbocycles. The molecule has 0 bridgehead atoms. The van der Waals surface area contributed by atoms with E-state index < -0.39 is 17.8 Å². The number of thiazole rings is 1. The van der Waals surface area contributed by atoms with Gasteiger partial charge in [-0.1, -0.05) is 65.9 Å². The highest BCUT2D eigenvalue weighted by Gasteiger charge is 2.35. The molecule has 1 aliphatic rings. The minimum atomic E-state index is -0.873. The number of hydrogen-bond acceptors (Lipinski definition) is 6. The van der Waals surface area contributed by atoms with E-state index in [1.54, 1.807) is 25.1 Å². The Bertz CT molecular complexity index is 1960. The van der Waals surface area contributed by atoms with E-state index in [4.69, 9.17) is 14.1 Å². The molecule has 204 valence electrons. The summed E-state index contributed by atoms with van der Waals surface area (Å²) in [5.41, 5.74) is 2.46. The van der Waals surface area contributed by atoms with Crippen molar-refractivity contribution in [2.45, 2.75) is 13.0 Å². The maximum atomic E-state index is 13.9. The topological polar surface area (TPSA) is 73.8 Å². The first-order valence-corrected chi connectivity index (χ1v) is 14.7. The first kappa shape index (κ1) is 27.1. The van der Waals surface area contributed by atoms with Crippen LogP contribution in [0.15, 0.2) is 111 Å². The van der Waals surface area contributed by atoms with E-state index in [1.165, 1.54) is 28.0 Å². The molecule has 0 N–H and O–H groups in total. The monoisotopic (exact) mass is 676 g/mol. The van der Waals surface area contributed by atoms with Crippen molar-refractivity contribution >= 4 is 51.7 Å². The van der Waals surface area contributed by atoms with Gasteiger partial charge in [0.2, 0.25) is 0 Å². The molecule has 2 aromatic heterocycles. The molecule has 41 heavy (non-hydrogen) atoms. The van der Waals surface area contributed by atoms with Gasteiger partial charge in [0.25, 0.3) is 5.56 Å². The Kier molecular flexibility index (Phi) is 7.55. The Hall–Kier alpha value is -4.09. The van der Waals surface area contributed by atoms with Crippen LogP contribution in [0.3, 0.4) is 0 Å². The summed E-state index contributed by atoms with van der Waals surface area (Å²) in [6, 6.07) is 25.8. The van der Waals surface area contributed by atoms with Crippen molar-refractivity contribution in [1.29, 1.82) is 0 Å². The predicted molar refractivity (Wildman–Crippen MR) is 164 cm³/mol. The molecule has 0 saturated heterocycles. The third kappa shape index (κ3) is 5.34. The van der Waals surface area contributed by atoms with E-state index in [9.17, 15) is 14.0 Å². The van der Waals surface area contributed by atoms with E-state index in [0.29, 0.717) is 37.7 Å². The summed E-state index contributed by atoms with van der Waals surface area (Å²) in [6.07, 6.45) is 1.68. The van der Waals surface area contributed by atoms with Crippen LogP contribution in [-0.2, 0) is 9.53 Å². The predicted octanol–water partition coefficient (Wildman–Crippen LogP) is 5.94. The number of esters is 1. The zero-order valence-electron chi connectivity index (χ0n) is 21.7. The highest BCUT2D eigenvalue weighted by Crippen LogP contribution is 2.35. The van der Waals surface area contributed by atoms with Crippen molar-refractivity contribution in [1.82, 2.24) is 4.57 Å². The molecule has 0 amide bonds. The van der Waals surface area contributed by atoms with Gasteiger partial charge in [-0.05, 0) is 71.5 Å². The van der Waals surface area contributed by atoms with Gasteiger partial charge in [-0.25, -0.2) is 14.2 Å². The largest absolute Gasteiger partial charge is 0.463 e. The summed E-state index contributed by atoms with van der Waals surface area (Å²) in [7, 11) is 0. The van der Waals surface area contributed by atoms with Crippen LogP contribution < -0.4 is 14.9 Å². The highest BCUT2D eigenvalue weighted by atomic mass is 127. The van der Waals surface area contributed by atoms with Crippen LogP contribution in [0.25, 0.3) is 23.1 Å². The van der Waals surface area contributed by atoms with E-state index >= 15 is 0 Å². The number of rotatable bonds is 6. The zero-order chi connectivity index (χ0) is 28.5. The lowest BCUT2D eigenvalue weighted by molar-refractivity contribution is -0.138. The van der Waals surface area contributed by atoms with Crippen molar-refractivity contribution < 1.29 is 18.3 Å². The van der Waals surface area contributed by atoms with Crippen LogP contribution in [0.1, 0.15) is 29.9 Å². The van der Waals surface area contributed by atoms with Gasteiger partial charge in [0.15, 0.2) is 4.80 Å². The molecule has 6 nitrogen and oxygen atoms in total. The molecule has 0 fully saturated rings. The zero-order valence-corrected chi connectivity index (χ0v) is 24.7. The molecular weight excluding hydrogens is 654 g/mol. The SMILES string of the molecule is CCOC(=O)C1=C(c2ccccc2)N=c2s/c(=C\c3ccc(-c4ccc(I)cc4)o3)c(=O)n2[C@@H]1c1ccc(F)cc1. The maximum Gasteiger partial charge on any atom is 0.338 e. The number of carbonyl (C=O) groups excluding carboxylic acids is 1. The van der Waals surface area contributed by atoms with E-state index in [-0.39, 0.29) is 17.7 Å². The molecule has 0 radical (unpaired) electrons. The average Bonchev–Trinajstić information content (AvgIpc) is 3.58. The number of benzene rings is 3. The van der Waals surface area contributed by atoms with Gasteiger partial charge in [-0.3, -0.25) is 9.36 Å². The van der Waals surface area contributed by atoms with Crippen LogP contribution in [-0.4, -0.2) is 17.1 Å². The number of aromatic nitrogens is 1. The van der Waals surface area contributed by atoms with Crippen LogP contribution in [0.4, 0.5) is 4.39 Å². The number of nitrogens with zero attached hydrogens (tertiary/aromatic N) is 2. The number of carbonyl (C=O) groups is 1. The smallest absolute Gasteiger partial charge is 0.338 e. The summed E-state index contributed by atoms with van der Waals surface area (Å²) in [5, 5.41) is 0. The molecule has 0 spiro atoms. The lowest BCUT2D eigenvalue weighted by Crippen LogP contribution is -2.40. The quantitative estimate of drug-likeness (QED) is 0.165. The summed E-state index contributed by atoms with van der Waals surface area (Å²) >= 11 is 3.45. The first-order valence-electron chi connectivity index (χ1n) is 12.8. The summed E-state index contributed by atoms with van der Waals surface area (Å²) in [6.45, 7) is 1.86. The van der Waals surface area contributed by atoms with Crippen molar-refractivity contribution in [3.05, 3.63) is 143 Å². The molecule has 6 rings (SSSR count). The molecule has 3 heterocycles. The Morgan fingerprint density at radius 1 is 1.02 bits per heavy atom. The lowest BCUT2D eigenvalue weighted by Gasteiger charge is -2.25. The number of furan rings is 1. The molecule has 0 aliphatic carbocycles. The van der Waals surface area contributed by atoms with Crippen LogP contribution in [0, 0.1) is 9.39 Å². The number of hydrogen-bond donors (Lipinski definition) is 0. The number of ether oxygens (including phenoxy) is 1. The Morgan fingerprint density at radius 3 is 2.46 bits per heavy atom. The fourth-order valence-electron chi connectivity index (χ4n) is 4.73. The second-order valence-corrected chi connectivity index (χ2v) is 11.4. The van der Waals surface area contributed by atoms with E-state index in [0.717, 1.165) is 9.13 Å².